The third-order valence-corrected chi connectivity index (χ3v) is 8.23. The highest BCUT2D eigenvalue weighted by Gasteiger charge is 2.19. The first-order chi connectivity index (χ1) is 15.2. The van der Waals surface area contributed by atoms with Crippen LogP contribution in [0.1, 0.15) is 0 Å². The van der Waals surface area contributed by atoms with Crippen LogP contribution >= 0.6 is 22.9 Å². The lowest BCUT2D eigenvalue weighted by Gasteiger charge is -2.11. The molecule has 0 saturated heterocycles. The summed E-state index contributed by atoms with van der Waals surface area (Å²) >= 11 is 6.94. The van der Waals surface area contributed by atoms with Gasteiger partial charge in [0.1, 0.15) is 0 Å². The Hall–Kier alpha value is -2.92. The van der Waals surface area contributed by atoms with Gasteiger partial charge in [-0.1, -0.05) is 48.0 Å². The molecule has 0 unspecified atom stereocenters. The number of hydrogen-bond acceptors (Lipinski definition) is 6. The number of aromatic nitrogens is 1. The summed E-state index contributed by atoms with van der Waals surface area (Å²) in [5.74, 6) is 0. The quantitative estimate of drug-likeness (QED) is 0.365. The number of nitrogens with one attached hydrogen (secondary N) is 2. The Kier molecular flexibility index (Phi) is 6.20. The molecule has 4 aromatic rings. The van der Waals surface area contributed by atoms with E-state index in [1.807, 2.05) is 0 Å². The topological polar surface area (TPSA) is 105 Å². The first-order valence-electron chi connectivity index (χ1n) is 9.16. The van der Waals surface area contributed by atoms with Crippen molar-refractivity contribution in [1.29, 1.82) is 0 Å². The molecule has 32 heavy (non-hydrogen) atoms. The minimum absolute atomic E-state index is 0.0614. The van der Waals surface area contributed by atoms with E-state index in [4.69, 9.17) is 11.6 Å². The van der Waals surface area contributed by atoms with Crippen LogP contribution in [0.5, 0.6) is 0 Å². The van der Waals surface area contributed by atoms with Crippen LogP contribution in [-0.2, 0) is 20.0 Å². The fourth-order valence-corrected chi connectivity index (χ4v) is 6.02. The molecule has 3 aromatic carbocycles. The molecule has 0 fully saturated rings. The summed E-state index contributed by atoms with van der Waals surface area (Å²) in [7, 11) is -7.65. The predicted octanol–water partition coefficient (Wildman–Crippen LogP) is 5.07. The number of rotatable bonds is 7. The van der Waals surface area contributed by atoms with Gasteiger partial charge in [0.15, 0.2) is 5.13 Å². The summed E-state index contributed by atoms with van der Waals surface area (Å²) in [4.78, 5) is 4.52. The van der Waals surface area contributed by atoms with Crippen molar-refractivity contribution in [3.8, 4) is 11.3 Å². The van der Waals surface area contributed by atoms with Gasteiger partial charge in [-0.25, -0.2) is 21.8 Å². The standard InChI is InChI=1S/C21H16ClN3O4S3/c22-15-10-12-17(13-11-15)31(26,27)24-19-9-5-4-8-18(19)20-14-30-21(23-20)25-32(28,29)16-6-2-1-3-7-16/h1-14,24H,(H,23,25). The van der Waals surface area contributed by atoms with E-state index < -0.39 is 20.0 Å². The fraction of sp³-hybridized carbons (Fsp3) is 0. The summed E-state index contributed by atoms with van der Waals surface area (Å²) in [6, 6.07) is 20.5. The molecule has 0 saturated carbocycles. The van der Waals surface area contributed by atoms with E-state index in [0.717, 1.165) is 11.3 Å². The highest BCUT2D eigenvalue weighted by molar-refractivity contribution is 7.93. The Morgan fingerprint density at radius 1 is 0.719 bits per heavy atom. The second-order valence-electron chi connectivity index (χ2n) is 6.56. The zero-order valence-electron chi connectivity index (χ0n) is 16.3. The van der Waals surface area contributed by atoms with Crippen molar-refractivity contribution in [3.05, 3.63) is 89.3 Å². The predicted molar refractivity (Wildman–Crippen MR) is 127 cm³/mol. The van der Waals surface area contributed by atoms with Crippen molar-refractivity contribution in [1.82, 2.24) is 4.98 Å². The number of benzene rings is 3. The van der Waals surface area contributed by atoms with E-state index in [2.05, 4.69) is 14.4 Å². The smallest absolute Gasteiger partial charge is 0.263 e. The Labute approximate surface area is 194 Å². The normalized spacial score (nSPS) is 11.8. The van der Waals surface area contributed by atoms with Gasteiger partial charge in [-0.2, -0.15) is 0 Å². The molecule has 0 spiro atoms. The summed E-state index contributed by atoms with van der Waals surface area (Å²) in [6.07, 6.45) is 0. The van der Waals surface area contributed by atoms with Gasteiger partial charge in [-0.15, -0.1) is 11.3 Å². The van der Waals surface area contributed by atoms with E-state index in [0.29, 0.717) is 22.0 Å². The second-order valence-corrected chi connectivity index (χ2v) is 11.2. The molecule has 2 N–H and O–H groups in total. The molecule has 7 nitrogen and oxygen atoms in total. The maximum Gasteiger partial charge on any atom is 0.263 e. The first-order valence-corrected chi connectivity index (χ1v) is 13.4. The van der Waals surface area contributed by atoms with Crippen LogP contribution in [0.4, 0.5) is 10.8 Å². The molecule has 4 rings (SSSR count). The van der Waals surface area contributed by atoms with E-state index in [9.17, 15) is 16.8 Å². The average molecular weight is 506 g/mol. The molecule has 11 heteroatoms. The first kappa shape index (κ1) is 22.3. The maximum absolute atomic E-state index is 12.8. The Bertz CT molecular complexity index is 1450. The third-order valence-electron chi connectivity index (χ3n) is 4.35. The molecule has 164 valence electrons. The monoisotopic (exact) mass is 505 g/mol. The maximum atomic E-state index is 12.8. The average Bonchev–Trinajstić information content (AvgIpc) is 3.22. The highest BCUT2D eigenvalue weighted by Crippen LogP contribution is 2.32. The summed E-state index contributed by atoms with van der Waals surface area (Å²) < 4.78 is 55.7. The van der Waals surface area contributed by atoms with Crippen molar-refractivity contribution in [2.75, 3.05) is 9.44 Å². The molecule has 0 atom stereocenters. The number of halogens is 1. The molecule has 0 aliphatic rings. The van der Waals surface area contributed by atoms with Crippen LogP contribution in [0.2, 0.25) is 5.02 Å². The van der Waals surface area contributed by atoms with Crippen LogP contribution in [0.3, 0.4) is 0 Å². The van der Waals surface area contributed by atoms with Crippen molar-refractivity contribution in [2.24, 2.45) is 0 Å². The zero-order chi connectivity index (χ0) is 22.8. The van der Waals surface area contributed by atoms with E-state index in [1.54, 1.807) is 47.8 Å². The molecule has 0 amide bonds. The summed E-state index contributed by atoms with van der Waals surface area (Å²) in [5.41, 5.74) is 1.24. The number of nitrogens with zero attached hydrogens (tertiary/aromatic N) is 1. The highest BCUT2D eigenvalue weighted by atomic mass is 35.5. The van der Waals surface area contributed by atoms with Crippen LogP contribution in [0.15, 0.2) is 94.0 Å². The summed E-state index contributed by atoms with van der Waals surface area (Å²) in [5, 5.41) is 2.25. The van der Waals surface area contributed by atoms with Gasteiger partial charge < -0.3 is 0 Å². The van der Waals surface area contributed by atoms with Crippen molar-refractivity contribution >= 4 is 53.8 Å². The van der Waals surface area contributed by atoms with Crippen LogP contribution in [0.25, 0.3) is 11.3 Å². The Morgan fingerprint density at radius 2 is 1.31 bits per heavy atom. The van der Waals surface area contributed by atoms with Crippen LogP contribution < -0.4 is 9.44 Å². The minimum Gasteiger partial charge on any atom is -0.279 e. The zero-order valence-corrected chi connectivity index (χ0v) is 19.5. The SMILES string of the molecule is O=S(=O)(Nc1nc(-c2ccccc2NS(=O)(=O)c2ccc(Cl)cc2)cs1)c1ccccc1. The van der Waals surface area contributed by atoms with Crippen molar-refractivity contribution in [2.45, 2.75) is 9.79 Å². The van der Waals surface area contributed by atoms with Crippen LogP contribution in [0, 0.1) is 0 Å². The van der Waals surface area contributed by atoms with Gasteiger partial charge in [-0.3, -0.25) is 9.44 Å². The van der Waals surface area contributed by atoms with Gasteiger partial charge >= 0.3 is 0 Å². The fourth-order valence-electron chi connectivity index (χ4n) is 2.83. The van der Waals surface area contributed by atoms with Gasteiger partial charge in [0.05, 0.1) is 21.2 Å². The lowest BCUT2D eigenvalue weighted by molar-refractivity contribution is 0.599. The third kappa shape index (κ3) is 4.94. The molecule has 1 aromatic heterocycles. The van der Waals surface area contributed by atoms with Gasteiger partial charge in [0.2, 0.25) is 0 Å². The van der Waals surface area contributed by atoms with Gasteiger partial charge in [0.25, 0.3) is 20.0 Å². The molecule has 1 heterocycles. The van der Waals surface area contributed by atoms with Crippen molar-refractivity contribution < 1.29 is 16.8 Å². The Morgan fingerprint density at radius 3 is 2.03 bits per heavy atom. The summed E-state index contributed by atoms with van der Waals surface area (Å²) in [6.45, 7) is 0. The second kappa shape index (κ2) is 8.91. The van der Waals surface area contributed by atoms with Gasteiger partial charge in [0, 0.05) is 16.0 Å². The molecular formula is C21H16ClN3O4S3. The van der Waals surface area contributed by atoms with Crippen molar-refractivity contribution in [3.63, 3.8) is 0 Å². The molecule has 0 aliphatic heterocycles. The lowest BCUT2D eigenvalue weighted by Crippen LogP contribution is -2.13. The minimum atomic E-state index is -3.86. The van der Waals surface area contributed by atoms with E-state index in [1.165, 1.54) is 36.4 Å². The molecule has 0 radical (unpaired) electrons. The van der Waals surface area contributed by atoms with E-state index >= 15 is 0 Å². The Balaban J connectivity index is 1.61. The number of anilines is 2. The number of thiazole rings is 1. The lowest BCUT2D eigenvalue weighted by atomic mass is 10.1. The van der Waals surface area contributed by atoms with E-state index in [-0.39, 0.29) is 14.9 Å². The van der Waals surface area contributed by atoms with Gasteiger partial charge in [-0.05, 0) is 42.5 Å². The molecule has 0 bridgehead atoms. The number of hydrogen-bond donors (Lipinski definition) is 2. The molecule has 0 aliphatic carbocycles. The molecular weight excluding hydrogens is 490 g/mol. The van der Waals surface area contributed by atoms with Crippen LogP contribution in [-0.4, -0.2) is 21.8 Å². The number of para-hydroxylation sites is 1. The largest absolute Gasteiger partial charge is 0.279 e. The number of sulfonamides is 2.